The zero-order chi connectivity index (χ0) is 11.4. The van der Waals surface area contributed by atoms with Gasteiger partial charge in [-0.3, -0.25) is 4.79 Å². The van der Waals surface area contributed by atoms with Crippen LogP contribution in [0.4, 0.5) is 0 Å². The molecule has 0 saturated heterocycles. The number of carbonyl (C=O) groups is 1. The van der Waals surface area contributed by atoms with Gasteiger partial charge in [0.05, 0.1) is 0 Å². The minimum atomic E-state index is 0.205. The highest BCUT2D eigenvalue weighted by molar-refractivity contribution is 5.82. The highest BCUT2D eigenvalue weighted by atomic mass is 16.1. The van der Waals surface area contributed by atoms with Gasteiger partial charge >= 0.3 is 0 Å². The fraction of sp³-hybridized carbons (Fsp3) is 0.400. The highest BCUT2D eigenvalue weighted by Gasteiger charge is 2.25. The van der Waals surface area contributed by atoms with Gasteiger partial charge in [0.25, 0.3) is 0 Å². The topological polar surface area (TPSA) is 17.1 Å². The minimum absolute atomic E-state index is 0.205. The molecule has 0 heterocycles. The Kier molecular flexibility index (Phi) is 3.41. The molecular formula is C15H16O. The molecule has 0 bridgehead atoms. The van der Waals surface area contributed by atoms with Crippen molar-refractivity contribution in [1.29, 1.82) is 0 Å². The Morgan fingerprint density at radius 3 is 2.50 bits per heavy atom. The predicted octanol–water partition coefficient (Wildman–Crippen LogP) is 2.77. The lowest BCUT2D eigenvalue weighted by molar-refractivity contribution is -0.122. The van der Waals surface area contributed by atoms with Gasteiger partial charge in [0, 0.05) is 18.8 Å². The van der Waals surface area contributed by atoms with Crippen molar-refractivity contribution in [3.8, 4) is 11.8 Å². The molecule has 0 aromatic heterocycles. The highest BCUT2D eigenvalue weighted by Crippen LogP contribution is 2.27. The van der Waals surface area contributed by atoms with Crippen LogP contribution in [0, 0.1) is 17.8 Å². The molecular weight excluding hydrogens is 196 g/mol. The van der Waals surface area contributed by atoms with Gasteiger partial charge in [-0.15, -0.1) is 11.8 Å². The van der Waals surface area contributed by atoms with E-state index in [1.54, 1.807) is 0 Å². The molecule has 0 N–H and O–H groups in total. The Bertz CT molecular complexity index is 423. The summed E-state index contributed by atoms with van der Waals surface area (Å²) in [6.45, 7) is 1.82. The van der Waals surface area contributed by atoms with E-state index in [0.29, 0.717) is 18.6 Å². The molecule has 1 aliphatic carbocycles. The predicted molar refractivity (Wildman–Crippen MR) is 65.0 cm³/mol. The van der Waals surface area contributed by atoms with Crippen LogP contribution in [0.3, 0.4) is 0 Å². The van der Waals surface area contributed by atoms with Crippen LogP contribution in [-0.4, -0.2) is 5.78 Å². The van der Waals surface area contributed by atoms with Crippen LogP contribution >= 0.6 is 0 Å². The first kappa shape index (κ1) is 11.0. The number of hydrogen-bond acceptors (Lipinski definition) is 1. The Morgan fingerprint density at radius 2 is 1.94 bits per heavy atom. The monoisotopic (exact) mass is 212 g/mol. The maximum absolute atomic E-state index is 11.9. The average Bonchev–Trinajstić information content (AvgIpc) is 2.73. The van der Waals surface area contributed by atoms with Gasteiger partial charge in [-0.2, -0.15) is 0 Å². The van der Waals surface area contributed by atoms with Crippen LogP contribution in [0.15, 0.2) is 24.3 Å². The maximum Gasteiger partial charge on any atom is 0.137 e. The van der Waals surface area contributed by atoms with E-state index < -0.39 is 0 Å². The molecule has 1 nitrogen and oxygen atoms in total. The molecule has 0 unspecified atom stereocenters. The van der Waals surface area contributed by atoms with Crippen molar-refractivity contribution >= 4 is 5.78 Å². The quantitative estimate of drug-likeness (QED) is 0.704. The fourth-order valence-electron chi connectivity index (χ4n) is 2.30. The molecule has 1 aliphatic rings. The van der Waals surface area contributed by atoms with Crippen LogP contribution in [0.1, 0.15) is 30.9 Å². The molecule has 1 aromatic rings. The van der Waals surface area contributed by atoms with Gasteiger partial charge in [0.15, 0.2) is 0 Å². The molecule has 16 heavy (non-hydrogen) atoms. The fourth-order valence-corrected chi connectivity index (χ4v) is 2.30. The number of rotatable bonds is 3. The van der Waals surface area contributed by atoms with E-state index in [-0.39, 0.29) is 5.92 Å². The van der Waals surface area contributed by atoms with Gasteiger partial charge in [0.2, 0.25) is 0 Å². The summed E-state index contributed by atoms with van der Waals surface area (Å²) < 4.78 is 0. The summed E-state index contributed by atoms with van der Waals surface area (Å²) in [5, 5.41) is 0. The second-order valence-corrected chi connectivity index (χ2v) is 4.27. The van der Waals surface area contributed by atoms with Crippen molar-refractivity contribution in [2.45, 2.75) is 32.6 Å². The van der Waals surface area contributed by atoms with Gasteiger partial charge in [0.1, 0.15) is 5.78 Å². The lowest BCUT2D eigenvalue weighted by Gasteiger charge is -2.05. The smallest absolute Gasteiger partial charge is 0.137 e. The summed E-state index contributed by atoms with van der Waals surface area (Å²) in [6.07, 6.45) is 3.17. The normalized spacial score (nSPS) is 14.1. The summed E-state index contributed by atoms with van der Waals surface area (Å²) in [7, 11) is 0. The summed E-state index contributed by atoms with van der Waals surface area (Å²) in [5.74, 6) is 6.36. The molecule has 0 saturated carbocycles. The molecule has 1 heteroatoms. The number of carbonyl (C=O) groups excluding carboxylic acids is 1. The largest absolute Gasteiger partial charge is 0.299 e. The summed E-state index contributed by atoms with van der Waals surface area (Å²) in [5.41, 5.74) is 2.70. The molecule has 1 aromatic carbocycles. The van der Waals surface area contributed by atoms with Gasteiger partial charge in [-0.05, 0) is 30.9 Å². The first-order valence-corrected chi connectivity index (χ1v) is 5.80. The van der Waals surface area contributed by atoms with Crippen molar-refractivity contribution in [3.05, 3.63) is 35.4 Å². The van der Waals surface area contributed by atoms with E-state index in [2.05, 4.69) is 24.0 Å². The van der Waals surface area contributed by atoms with Crippen LogP contribution in [0.2, 0.25) is 0 Å². The standard InChI is InChI=1S/C15H16O/c1-2-3-4-9-15(16)14-10-12-7-5-6-8-13(12)11-14/h5-8,14H,4,9-11H2,1H3. The molecule has 0 amide bonds. The van der Waals surface area contributed by atoms with Gasteiger partial charge in [-0.25, -0.2) is 0 Å². The molecule has 0 fully saturated rings. The molecule has 2 rings (SSSR count). The Morgan fingerprint density at radius 1 is 1.31 bits per heavy atom. The van der Waals surface area contributed by atoms with E-state index in [9.17, 15) is 4.79 Å². The summed E-state index contributed by atoms with van der Waals surface area (Å²) >= 11 is 0. The van der Waals surface area contributed by atoms with Crippen molar-refractivity contribution in [1.82, 2.24) is 0 Å². The van der Waals surface area contributed by atoms with E-state index >= 15 is 0 Å². The third kappa shape index (κ3) is 2.33. The van der Waals surface area contributed by atoms with E-state index in [0.717, 1.165) is 12.8 Å². The van der Waals surface area contributed by atoms with E-state index in [1.165, 1.54) is 11.1 Å². The molecule has 82 valence electrons. The van der Waals surface area contributed by atoms with Gasteiger partial charge < -0.3 is 0 Å². The van der Waals surface area contributed by atoms with Crippen LogP contribution in [-0.2, 0) is 17.6 Å². The van der Waals surface area contributed by atoms with E-state index in [4.69, 9.17) is 0 Å². The third-order valence-electron chi connectivity index (χ3n) is 3.18. The Hall–Kier alpha value is -1.55. The van der Waals surface area contributed by atoms with Gasteiger partial charge in [-0.1, -0.05) is 24.3 Å². The van der Waals surface area contributed by atoms with Crippen LogP contribution in [0.5, 0.6) is 0 Å². The van der Waals surface area contributed by atoms with Crippen molar-refractivity contribution in [3.63, 3.8) is 0 Å². The Balaban J connectivity index is 1.95. The first-order chi connectivity index (χ1) is 7.81. The molecule has 0 aliphatic heterocycles. The zero-order valence-electron chi connectivity index (χ0n) is 9.62. The second kappa shape index (κ2) is 4.99. The number of fused-ring (bicyclic) bond motifs is 1. The first-order valence-electron chi connectivity index (χ1n) is 5.80. The number of ketones is 1. The van der Waals surface area contributed by atoms with Crippen LogP contribution < -0.4 is 0 Å². The third-order valence-corrected chi connectivity index (χ3v) is 3.18. The molecule has 0 radical (unpaired) electrons. The molecule has 0 spiro atoms. The second-order valence-electron chi connectivity index (χ2n) is 4.27. The maximum atomic E-state index is 11.9. The van der Waals surface area contributed by atoms with E-state index in [1.807, 2.05) is 19.1 Å². The SMILES string of the molecule is CC#CCCC(=O)C1Cc2ccccc2C1. The summed E-state index contributed by atoms with van der Waals surface area (Å²) in [4.78, 5) is 11.9. The number of hydrogen-bond donors (Lipinski definition) is 0. The van der Waals surface area contributed by atoms with Crippen molar-refractivity contribution < 1.29 is 4.79 Å². The average molecular weight is 212 g/mol. The Labute approximate surface area is 96.9 Å². The lowest BCUT2D eigenvalue weighted by atomic mass is 9.97. The van der Waals surface area contributed by atoms with Crippen molar-refractivity contribution in [2.24, 2.45) is 5.92 Å². The summed E-state index contributed by atoms with van der Waals surface area (Å²) in [6, 6.07) is 8.37. The minimum Gasteiger partial charge on any atom is -0.299 e. The molecule has 0 atom stereocenters. The van der Waals surface area contributed by atoms with Crippen LogP contribution in [0.25, 0.3) is 0 Å². The van der Waals surface area contributed by atoms with Crippen molar-refractivity contribution in [2.75, 3.05) is 0 Å². The lowest BCUT2D eigenvalue weighted by Crippen LogP contribution is -2.14. The number of benzene rings is 1. The zero-order valence-corrected chi connectivity index (χ0v) is 9.62. The number of Topliss-reactive ketones (excluding diaryl/α,β-unsaturated/α-hetero) is 1.